The van der Waals surface area contributed by atoms with Gasteiger partial charge in [0.25, 0.3) is 0 Å². The molecule has 4 fully saturated rings. The van der Waals surface area contributed by atoms with Crippen LogP contribution in [0.3, 0.4) is 0 Å². The molecule has 0 bridgehead atoms. The molecule has 1 unspecified atom stereocenters. The molecule has 0 aromatic rings. The van der Waals surface area contributed by atoms with Gasteiger partial charge in [0.1, 0.15) is 0 Å². The maximum absolute atomic E-state index is 12.1. The lowest BCUT2D eigenvalue weighted by atomic mass is 9.43. The number of hydrogen-bond acceptors (Lipinski definition) is 7. The lowest BCUT2D eigenvalue weighted by Gasteiger charge is -2.63. The van der Waals surface area contributed by atoms with Gasteiger partial charge >= 0.3 is 12.1 Å². The van der Waals surface area contributed by atoms with Crippen LogP contribution in [0.2, 0.25) is 0 Å². The minimum absolute atomic E-state index is 0.0615. The quantitative estimate of drug-likeness (QED) is 0.402. The van der Waals surface area contributed by atoms with Crippen LogP contribution in [-0.2, 0) is 14.3 Å². The number of rotatable bonds is 5. The Labute approximate surface area is 203 Å². The average molecular weight is 481 g/mol. The highest BCUT2D eigenvalue weighted by atomic mass is 16.7. The van der Waals surface area contributed by atoms with Crippen molar-refractivity contribution < 1.29 is 34.4 Å². The number of fused-ring (bicyclic) bond motifs is 5. The van der Waals surface area contributed by atoms with E-state index in [2.05, 4.69) is 25.5 Å². The molecular weight excluding hydrogens is 436 g/mol. The van der Waals surface area contributed by atoms with Crippen molar-refractivity contribution in [2.24, 2.45) is 46.3 Å². The second-order valence-corrected chi connectivity index (χ2v) is 12.2. The van der Waals surface area contributed by atoms with Crippen molar-refractivity contribution in [1.29, 1.82) is 0 Å². The van der Waals surface area contributed by atoms with Gasteiger partial charge in [0.2, 0.25) is 0 Å². The molecule has 4 saturated carbocycles. The second kappa shape index (κ2) is 9.70. The highest BCUT2D eigenvalue weighted by Gasteiger charge is 2.65. The van der Waals surface area contributed by atoms with E-state index in [0.29, 0.717) is 18.8 Å². The van der Waals surface area contributed by atoms with Crippen LogP contribution < -0.4 is 0 Å². The van der Waals surface area contributed by atoms with Crippen molar-refractivity contribution >= 4 is 12.1 Å². The molecule has 11 atom stereocenters. The molecule has 194 valence electrons. The summed E-state index contributed by atoms with van der Waals surface area (Å²) in [6.45, 7) is 8.50. The van der Waals surface area contributed by atoms with E-state index >= 15 is 0 Å². The Hall–Kier alpha value is -1.18. The number of esters is 1. The Bertz CT molecular complexity index is 770. The summed E-state index contributed by atoms with van der Waals surface area (Å²) in [6.07, 6.45) is 4.61. The highest BCUT2D eigenvalue weighted by molar-refractivity contribution is 5.81. The number of carbonyl (C=O) groups is 2. The van der Waals surface area contributed by atoms with Gasteiger partial charge in [-0.05, 0) is 105 Å². The Kier molecular flexibility index (Phi) is 7.39. The molecule has 34 heavy (non-hydrogen) atoms. The van der Waals surface area contributed by atoms with Crippen molar-refractivity contribution in [2.45, 2.75) is 104 Å². The molecule has 0 aliphatic heterocycles. The van der Waals surface area contributed by atoms with Gasteiger partial charge < -0.3 is 24.8 Å². The third kappa shape index (κ3) is 4.30. The third-order valence-corrected chi connectivity index (χ3v) is 10.8. The molecule has 0 saturated heterocycles. The molecule has 4 aliphatic rings. The van der Waals surface area contributed by atoms with E-state index in [9.17, 15) is 24.9 Å². The molecule has 0 heterocycles. The van der Waals surface area contributed by atoms with Gasteiger partial charge in [-0.15, -0.1) is 0 Å². The Balaban J connectivity index is 1.47. The molecule has 4 aliphatic carbocycles. The topological polar surface area (TPSA) is 113 Å². The van der Waals surface area contributed by atoms with Gasteiger partial charge in [-0.2, -0.15) is 0 Å². The Morgan fingerprint density at radius 1 is 1.03 bits per heavy atom. The fourth-order valence-corrected chi connectivity index (χ4v) is 8.97. The molecule has 4 rings (SSSR count). The first kappa shape index (κ1) is 25.9. The maximum atomic E-state index is 12.1. The lowest BCUT2D eigenvalue weighted by Crippen LogP contribution is -2.62. The normalized spacial score (nSPS) is 46.6. The summed E-state index contributed by atoms with van der Waals surface area (Å²) in [4.78, 5) is 23.5. The first-order valence-electron chi connectivity index (χ1n) is 13.4. The number of hydrogen-bond donors (Lipinski definition) is 3. The van der Waals surface area contributed by atoms with Crippen LogP contribution in [-0.4, -0.2) is 52.4 Å². The zero-order chi connectivity index (χ0) is 24.8. The van der Waals surface area contributed by atoms with Gasteiger partial charge in [-0.3, -0.25) is 4.79 Å². The average Bonchev–Trinajstić information content (AvgIpc) is 3.13. The number of carbonyl (C=O) groups excluding carboxylic acids is 2. The molecule has 7 nitrogen and oxygen atoms in total. The fourth-order valence-electron chi connectivity index (χ4n) is 8.97. The van der Waals surface area contributed by atoms with Gasteiger partial charge in [0, 0.05) is 6.42 Å². The van der Waals surface area contributed by atoms with Crippen molar-refractivity contribution in [3.8, 4) is 0 Å². The lowest BCUT2D eigenvalue weighted by molar-refractivity contribution is -0.207. The van der Waals surface area contributed by atoms with Crippen molar-refractivity contribution in [1.82, 2.24) is 0 Å². The van der Waals surface area contributed by atoms with Gasteiger partial charge in [0.15, 0.2) is 0 Å². The summed E-state index contributed by atoms with van der Waals surface area (Å²) in [7, 11) is 0. The van der Waals surface area contributed by atoms with Gasteiger partial charge in [-0.1, -0.05) is 20.8 Å². The summed E-state index contributed by atoms with van der Waals surface area (Å²) in [5.41, 5.74) is -0.240. The van der Waals surface area contributed by atoms with E-state index in [4.69, 9.17) is 4.74 Å². The predicted molar refractivity (Wildman–Crippen MR) is 126 cm³/mol. The number of ether oxygens (including phenoxy) is 2. The fraction of sp³-hybridized carbons (Fsp3) is 0.926. The predicted octanol–water partition coefficient (Wildman–Crippen LogP) is 4.06. The van der Waals surface area contributed by atoms with E-state index < -0.39 is 18.2 Å². The van der Waals surface area contributed by atoms with Crippen molar-refractivity contribution in [2.75, 3.05) is 6.61 Å². The van der Waals surface area contributed by atoms with Crippen molar-refractivity contribution in [3.05, 3.63) is 0 Å². The van der Waals surface area contributed by atoms with E-state index in [-0.39, 0.29) is 65.7 Å². The smallest absolute Gasteiger partial charge is 0.434 e. The van der Waals surface area contributed by atoms with Crippen molar-refractivity contribution in [3.63, 3.8) is 0 Å². The summed E-state index contributed by atoms with van der Waals surface area (Å²) < 4.78 is 9.39. The Morgan fingerprint density at radius 2 is 1.76 bits per heavy atom. The minimum Gasteiger partial charge on any atom is -0.434 e. The SMILES string of the molecule is CCOC(=O)OC(=O)CC[C@@H](C)[C@H]1CCC2[C@@H]3[C@H](O)C[C@@H]4C[C@H](O)CC[C@]4(C)[C@H]3C[C@H](O)[C@@]21C. The summed E-state index contributed by atoms with van der Waals surface area (Å²) in [5, 5.41) is 33.2. The maximum Gasteiger partial charge on any atom is 0.516 e. The van der Waals surface area contributed by atoms with Crippen LogP contribution in [0.1, 0.15) is 85.5 Å². The van der Waals surface area contributed by atoms with E-state index in [1.807, 2.05) is 0 Å². The zero-order valence-corrected chi connectivity index (χ0v) is 21.2. The zero-order valence-electron chi connectivity index (χ0n) is 21.2. The summed E-state index contributed by atoms with van der Waals surface area (Å²) in [5.74, 6) is 0.867. The summed E-state index contributed by atoms with van der Waals surface area (Å²) >= 11 is 0. The van der Waals surface area contributed by atoms with Crippen LogP contribution >= 0.6 is 0 Å². The highest BCUT2D eigenvalue weighted by Crippen LogP contribution is 2.68. The van der Waals surface area contributed by atoms with Crippen LogP contribution in [0.4, 0.5) is 4.79 Å². The van der Waals surface area contributed by atoms with E-state index in [1.54, 1.807) is 6.92 Å². The van der Waals surface area contributed by atoms with Gasteiger partial charge in [-0.25, -0.2) is 4.79 Å². The van der Waals surface area contributed by atoms with Crippen LogP contribution in [0.15, 0.2) is 0 Å². The van der Waals surface area contributed by atoms with Gasteiger partial charge in [0.05, 0.1) is 24.9 Å². The second-order valence-electron chi connectivity index (χ2n) is 12.2. The molecule has 0 spiro atoms. The summed E-state index contributed by atoms with van der Waals surface area (Å²) in [6, 6.07) is 0. The molecule has 7 heteroatoms. The van der Waals surface area contributed by atoms with Crippen LogP contribution in [0.5, 0.6) is 0 Å². The van der Waals surface area contributed by atoms with Crippen LogP contribution in [0.25, 0.3) is 0 Å². The molecule has 0 radical (unpaired) electrons. The largest absolute Gasteiger partial charge is 0.516 e. The molecule has 3 N–H and O–H groups in total. The Morgan fingerprint density at radius 3 is 2.47 bits per heavy atom. The number of aliphatic hydroxyl groups excluding tert-OH is 3. The van der Waals surface area contributed by atoms with Crippen LogP contribution in [0, 0.1) is 46.3 Å². The number of aliphatic hydroxyl groups is 3. The van der Waals surface area contributed by atoms with E-state index in [0.717, 1.165) is 38.5 Å². The minimum atomic E-state index is -0.949. The third-order valence-electron chi connectivity index (χ3n) is 10.8. The molecular formula is C27H44O7. The first-order chi connectivity index (χ1) is 16.0. The molecule has 0 aromatic heterocycles. The monoisotopic (exact) mass is 480 g/mol. The first-order valence-corrected chi connectivity index (χ1v) is 13.4. The molecule has 0 aromatic carbocycles. The molecule has 0 amide bonds. The van der Waals surface area contributed by atoms with E-state index in [1.165, 1.54) is 0 Å². The standard InChI is InChI=1S/C27H44O7/c1-5-33-25(32)34-23(31)9-6-15(2)18-7-8-19-24-20(14-22(30)27(18,19)4)26(3)11-10-17(28)12-16(26)13-21(24)29/h15-22,24,28-30H,5-14H2,1-4H3/t15-,16+,17-,18-,19?,20+,21-,22+,24+,26+,27-/m1/s1.